The molecule has 1 N–H and O–H groups in total. The van der Waals surface area contributed by atoms with E-state index in [1.165, 1.54) is 19.4 Å². The molecule has 2 aliphatic rings. The lowest BCUT2D eigenvalue weighted by Crippen LogP contribution is -2.57. The lowest BCUT2D eigenvalue weighted by atomic mass is 9.91. The Hall–Kier alpha value is -0.770. The van der Waals surface area contributed by atoms with Crippen LogP contribution in [0.5, 0.6) is 0 Å². The predicted octanol–water partition coefficient (Wildman–Crippen LogP) is 2.53. The summed E-state index contributed by atoms with van der Waals surface area (Å²) in [6, 6.07) is 0.769. The summed E-state index contributed by atoms with van der Waals surface area (Å²) in [6.45, 7) is 9.95. The van der Waals surface area contributed by atoms with E-state index in [0.717, 1.165) is 25.4 Å². The van der Waals surface area contributed by atoms with Crippen LogP contribution in [0.1, 0.15) is 53.4 Å². The van der Waals surface area contributed by atoms with Gasteiger partial charge in [-0.05, 0) is 59.9 Å². The third kappa shape index (κ3) is 3.87. The molecule has 4 heteroatoms. The standard InChI is InChI=1S/C14H26N2O2/c1-13(2,3)18-12(17)15-14(4)8-5-9-16(10-14)11-6-7-11/h11H,5-10H2,1-4H3,(H,15,17). The molecule has 0 aromatic rings. The highest BCUT2D eigenvalue weighted by atomic mass is 16.6. The first-order valence-electron chi connectivity index (χ1n) is 7.03. The fourth-order valence-corrected chi connectivity index (χ4v) is 2.68. The molecule has 0 radical (unpaired) electrons. The molecule has 1 atom stereocenters. The molecule has 1 aliphatic heterocycles. The smallest absolute Gasteiger partial charge is 0.408 e. The van der Waals surface area contributed by atoms with Gasteiger partial charge in [0.05, 0.1) is 5.54 Å². The molecule has 1 aliphatic carbocycles. The second-order valence-electron chi connectivity index (χ2n) is 6.99. The fourth-order valence-electron chi connectivity index (χ4n) is 2.68. The Labute approximate surface area is 110 Å². The predicted molar refractivity (Wildman–Crippen MR) is 71.6 cm³/mol. The van der Waals surface area contributed by atoms with Gasteiger partial charge in [0.25, 0.3) is 0 Å². The zero-order valence-corrected chi connectivity index (χ0v) is 12.1. The number of rotatable bonds is 2. The minimum absolute atomic E-state index is 0.136. The number of carbonyl (C=O) groups is 1. The van der Waals surface area contributed by atoms with Crippen molar-refractivity contribution in [2.45, 2.75) is 70.6 Å². The normalized spacial score (nSPS) is 30.0. The van der Waals surface area contributed by atoms with Gasteiger partial charge in [0, 0.05) is 12.6 Å². The van der Waals surface area contributed by atoms with Crippen LogP contribution in [0, 0.1) is 0 Å². The van der Waals surface area contributed by atoms with Crippen LogP contribution in [0.3, 0.4) is 0 Å². The molecule has 4 nitrogen and oxygen atoms in total. The Kier molecular flexibility index (Phi) is 3.58. The molecule has 0 bridgehead atoms. The summed E-state index contributed by atoms with van der Waals surface area (Å²) in [5.41, 5.74) is -0.561. The van der Waals surface area contributed by atoms with Crippen molar-refractivity contribution in [1.82, 2.24) is 10.2 Å². The van der Waals surface area contributed by atoms with E-state index < -0.39 is 5.60 Å². The van der Waals surface area contributed by atoms with Crippen molar-refractivity contribution in [3.8, 4) is 0 Å². The van der Waals surface area contributed by atoms with Crippen LogP contribution in [0.4, 0.5) is 4.79 Å². The monoisotopic (exact) mass is 254 g/mol. The highest BCUT2D eigenvalue weighted by Crippen LogP contribution is 2.32. The number of hydrogen-bond acceptors (Lipinski definition) is 3. The molecule has 0 aromatic heterocycles. The molecule has 0 spiro atoms. The van der Waals surface area contributed by atoms with Crippen LogP contribution in [-0.2, 0) is 4.74 Å². The Morgan fingerprint density at radius 2 is 2.06 bits per heavy atom. The van der Waals surface area contributed by atoms with E-state index in [1.54, 1.807) is 0 Å². The van der Waals surface area contributed by atoms with Crippen molar-refractivity contribution >= 4 is 6.09 Å². The van der Waals surface area contributed by atoms with Gasteiger partial charge in [0.2, 0.25) is 0 Å². The topological polar surface area (TPSA) is 41.6 Å². The second kappa shape index (κ2) is 4.72. The third-order valence-corrected chi connectivity index (χ3v) is 3.59. The number of amides is 1. The van der Waals surface area contributed by atoms with Gasteiger partial charge >= 0.3 is 6.09 Å². The molecule has 2 rings (SSSR count). The first-order chi connectivity index (χ1) is 8.27. The number of piperidine rings is 1. The van der Waals surface area contributed by atoms with Crippen LogP contribution in [-0.4, -0.2) is 41.3 Å². The van der Waals surface area contributed by atoms with Gasteiger partial charge in [-0.3, -0.25) is 4.90 Å². The van der Waals surface area contributed by atoms with E-state index in [1.807, 2.05) is 20.8 Å². The van der Waals surface area contributed by atoms with Gasteiger partial charge in [0.1, 0.15) is 5.60 Å². The van der Waals surface area contributed by atoms with Crippen LogP contribution in [0.15, 0.2) is 0 Å². The van der Waals surface area contributed by atoms with Gasteiger partial charge in [0.15, 0.2) is 0 Å². The van der Waals surface area contributed by atoms with Crippen molar-refractivity contribution in [3.05, 3.63) is 0 Å². The zero-order chi connectivity index (χ0) is 13.4. The number of ether oxygens (including phenoxy) is 1. The first-order valence-corrected chi connectivity index (χ1v) is 7.03. The van der Waals surface area contributed by atoms with Crippen molar-refractivity contribution in [1.29, 1.82) is 0 Å². The molecule has 1 saturated carbocycles. The highest BCUT2D eigenvalue weighted by Gasteiger charge is 2.39. The minimum Gasteiger partial charge on any atom is -0.444 e. The first kappa shape index (κ1) is 13.7. The van der Waals surface area contributed by atoms with E-state index in [0.29, 0.717) is 0 Å². The van der Waals surface area contributed by atoms with Crippen molar-refractivity contribution in [3.63, 3.8) is 0 Å². The maximum absolute atomic E-state index is 11.9. The number of alkyl carbamates (subject to hydrolysis) is 1. The lowest BCUT2D eigenvalue weighted by Gasteiger charge is -2.41. The van der Waals surface area contributed by atoms with Crippen LogP contribution >= 0.6 is 0 Å². The van der Waals surface area contributed by atoms with E-state index in [-0.39, 0.29) is 11.6 Å². The number of nitrogens with zero attached hydrogens (tertiary/aromatic N) is 1. The van der Waals surface area contributed by atoms with Gasteiger partial charge < -0.3 is 10.1 Å². The summed E-state index contributed by atoms with van der Waals surface area (Å²) in [5, 5.41) is 3.06. The second-order valence-corrected chi connectivity index (χ2v) is 6.99. The number of carbonyl (C=O) groups excluding carboxylic acids is 1. The van der Waals surface area contributed by atoms with E-state index in [4.69, 9.17) is 4.74 Å². The molecule has 104 valence electrons. The maximum Gasteiger partial charge on any atom is 0.408 e. The van der Waals surface area contributed by atoms with E-state index >= 15 is 0 Å². The summed E-state index contributed by atoms with van der Waals surface area (Å²) in [5.74, 6) is 0. The van der Waals surface area contributed by atoms with Gasteiger partial charge in [-0.2, -0.15) is 0 Å². The summed E-state index contributed by atoms with van der Waals surface area (Å²) in [4.78, 5) is 14.4. The van der Waals surface area contributed by atoms with Gasteiger partial charge in [-0.25, -0.2) is 4.79 Å². The molecule has 18 heavy (non-hydrogen) atoms. The Morgan fingerprint density at radius 1 is 1.39 bits per heavy atom. The number of hydrogen-bond donors (Lipinski definition) is 1. The van der Waals surface area contributed by atoms with Crippen molar-refractivity contribution < 1.29 is 9.53 Å². The fraction of sp³-hybridized carbons (Fsp3) is 0.929. The average molecular weight is 254 g/mol. The van der Waals surface area contributed by atoms with Crippen molar-refractivity contribution in [2.75, 3.05) is 13.1 Å². The maximum atomic E-state index is 11.9. The molecule has 1 heterocycles. The molecule has 0 aromatic carbocycles. The highest BCUT2D eigenvalue weighted by molar-refractivity contribution is 5.68. The SMILES string of the molecule is CC1(NC(=O)OC(C)(C)C)CCCN(C2CC2)C1. The lowest BCUT2D eigenvalue weighted by molar-refractivity contribution is 0.0382. The molecule has 1 saturated heterocycles. The Balaban J connectivity index is 1.87. The van der Waals surface area contributed by atoms with E-state index in [2.05, 4.69) is 17.1 Å². The molecule has 2 fully saturated rings. The summed E-state index contributed by atoms with van der Waals surface area (Å²) in [6.07, 6.45) is 4.55. The Bertz CT molecular complexity index is 320. The zero-order valence-electron chi connectivity index (χ0n) is 12.1. The number of nitrogens with one attached hydrogen (secondary N) is 1. The minimum atomic E-state index is -0.425. The van der Waals surface area contributed by atoms with Crippen LogP contribution in [0.25, 0.3) is 0 Å². The van der Waals surface area contributed by atoms with Crippen LogP contribution in [0.2, 0.25) is 0 Å². The quantitative estimate of drug-likeness (QED) is 0.823. The molecular formula is C14H26N2O2. The van der Waals surface area contributed by atoms with Crippen LogP contribution < -0.4 is 5.32 Å². The van der Waals surface area contributed by atoms with Crippen molar-refractivity contribution in [2.24, 2.45) is 0 Å². The summed E-state index contributed by atoms with van der Waals surface area (Å²) >= 11 is 0. The van der Waals surface area contributed by atoms with E-state index in [9.17, 15) is 4.79 Å². The number of likely N-dealkylation sites (tertiary alicyclic amines) is 1. The molecule has 1 unspecified atom stereocenters. The van der Waals surface area contributed by atoms with Gasteiger partial charge in [-0.1, -0.05) is 0 Å². The average Bonchev–Trinajstić information content (AvgIpc) is 2.95. The molecular weight excluding hydrogens is 228 g/mol. The third-order valence-electron chi connectivity index (χ3n) is 3.59. The summed E-state index contributed by atoms with van der Waals surface area (Å²) in [7, 11) is 0. The largest absolute Gasteiger partial charge is 0.444 e. The molecule has 1 amide bonds. The van der Waals surface area contributed by atoms with Gasteiger partial charge in [-0.15, -0.1) is 0 Å². The Morgan fingerprint density at radius 3 is 2.61 bits per heavy atom. The summed E-state index contributed by atoms with van der Waals surface area (Å²) < 4.78 is 5.35.